The summed E-state index contributed by atoms with van der Waals surface area (Å²) < 4.78 is 33.7. The second-order valence-corrected chi connectivity index (χ2v) is 13.0. The smallest absolute Gasteiger partial charge is 0.347 e. The van der Waals surface area contributed by atoms with Crippen LogP contribution in [-0.2, 0) is 6.42 Å². The summed E-state index contributed by atoms with van der Waals surface area (Å²) in [6, 6.07) is 2.92. The lowest BCUT2D eigenvalue weighted by molar-refractivity contribution is 0.0684. The van der Waals surface area contributed by atoms with Crippen LogP contribution in [0.25, 0.3) is 0 Å². The van der Waals surface area contributed by atoms with Gasteiger partial charge in [-0.25, -0.2) is 18.4 Å². The highest BCUT2D eigenvalue weighted by Gasteiger charge is 2.22. The number of ether oxygens (including phenoxy) is 1. The molecule has 1 heterocycles. The third kappa shape index (κ3) is 15.3. The van der Waals surface area contributed by atoms with Crippen molar-refractivity contribution in [3.63, 3.8) is 0 Å². The topological polar surface area (TPSA) is 63.6 Å². The number of hydrogen-bond donors (Lipinski definition) is 1. The summed E-state index contributed by atoms with van der Waals surface area (Å²) in [5, 5.41) is 11.3. The van der Waals surface area contributed by atoms with Crippen LogP contribution in [0.3, 0.4) is 0 Å². The summed E-state index contributed by atoms with van der Waals surface area (Å²) >= 11 is 1.26. The molecule has 1 aromatic heterocycles. The van der Waals surface area contributed by atoms with E-state index in [-0.39, 0.29) is 0 Å². The van der Waals surface area contributed by atoms with Gasteiger partial charge in [0.05, 0.1) is 11.1 Å². The predicted octanol–water partition coefficient (Wildman–Crippen LogP) is 11.9. The molecule has 242 valence electrons. The highest BCUT2D eigenvalue weighted by Crippen LogP contribution is 2.30. The molecule has 0 fully saturated rings. The van der Waals surface area contributed by atoms with Gasteiger partial charge in [0.1, 0.15) is 11.6 Å². The van der Waals surface area contributed by atoms with E-state index in [1.54, 1.807) is 0 Å². The van der Waals surface area contributed by atoms with E-state index in [0.717, 1.165) is 12.0 Å². The lowest BCUT2D eigenvalue weighted by Gasteiger charge is -2.16. The number of carboxylic acids is 1. The Balaban J connectivity index is 1.85. The fourth-order valence-electron chi connectivity index (χ4n) is 5.70. The number of hydrogen-bond acceptors (Lipinski definition) is 4. The number of benzene rings is 1. The minimum Gasteiger partial charge on any atom is -0.478 e. The Morgan fingerprint density at radius 1 is 0.698 bits per heavy atom. The highest BCUT2D eigenvalue weighted by molar-refractivity contribution is 7.12. The minimum atomic E-state index is -1.60. The van der Waals surface area contributed by atoms with Gasteiger partial charge < -0.3 is 9.84 Å². The quantitative estimate of drug-likeness (QED) is 0.0886. The van der Waals surface area contributed by atoms with Crippen molar-refractivity contribution >= 4 is 23.3 Å². The van der Waals surface area contributed by atoms with Crippen molar-refractivity contribution in [3.8, 4) is 5.06 Å². The average molecular weight is 621 g/mol. The van der Waals surface area contributed by atoms with Crippen LogP contribution >= 0.6 is 11.3 Å². The van der Waals surface area contributed by atoms with Crippen LogP contribution in [0.4, 0.5) is 8.78 Å². The van der Waals surface area contributed by atoms with Gasteiger partial charge in [-0.2, -0.15) is 0 Å². The van der Waals surface area contributed by atoms with Crippen molar-refractivity contribution in [1.82, 2.24) is 0 Å². The molecule has 1 atom stereocenters. The number of carbonyl (C=O) groups is 2. The molecule has 0 aliphatic heterocycles. The van der Waals surface area contributed by atoms with Crippen LogP contribution in [0.1, 0.15) is 169 Å². The van der Waals surface area contributed by atoms with Crippen molar-refractivity contribution < 1.29 is 28.2 Å². The van der Waals surface area contributed by atoms with Crippen LogP contribution < -0.4 is 4.74 Å². The fourth-order valence-corrected chi connectivity index (χ4v) is 6.47. The maximum Gasteiger partial charge on any atom is 0.347 e. The first-order valence-corrected chi connectivity index (χ1v) is 17.8. The van der Waals surface area contributed by atoms with Crippen molar-refractivity contribution in [2.45, 2.75) is 149 Å². The van der Waals surface area contributed by atoms with Gasteiger partial charge in [0.25, 0.3) is 0 Å². The molecule has 4 nitrogen and oxygen atoms in total. The summed E-state index contributed by atoms with van der Waals surface area (Å²) in [5.74, 6) is -4.37. The predicted molar refractivity (Wildman–Crippen MR) is 173 cm³/mol. The van der Waals surface area contributed by atoms with Gasteiger partial charge in [0, 0.05) is 0 Å². The SMILES string of the molecule is CCCCCCCCCCCCC(CCCCCCCCCC)Cc1csc(OC(=O)c2cc(F)c(C(=O)O)cc2F)c1. The number of carboxylic acid groups (broad SMARTS) is 1. The zero-order valence-corrected chi connectivity index (χ0v) is 27.4. The van der Waals surface area contributed by atoms with Gasteiger partial charge in [-0.3, -0.25) is 0 Å². The summed E-state index contributed by atoms with van der Waals surface area (Å²) in [6.45, 7) is 4.50. The van der Waals surface area contributed by atoms with Gasteiger partial charge in [0.2, 0.25) is 0 Å². The van der Waals surface area contributed by atoms with Crippen LogP contribution in [0.2, 0.25) is 0 Å². The first-order chi connectivity index (χ1) is 20.8. The first kappa shape index (κ1) is 36.9. The molecule has 7 heteroatoms. The molecule has 2 aromatic rings. The molecule has 43 heavy (non-hydrogen) atoms. The van der Waals surface area contributed by atoms with E-state index in [2.05, 4.69) is 13.8 Å². The summed E-state index contributed by atoms with van der Waals surface area (Å²) in [6.07, 6.45) is 27.0. The molecule has 0 saturated heterocycles. The zero-order valence-electron chi connectivity index (χ0n) is 26.6. The lowest BCUT2D eigenvalue weighted by atomic mass is 9.89. The summed E-state index contributed by atoms with van der Waals surface area (Å²) in [5.41, 5.74) is -0.347. The Morgan fingerprint density at radius 3 is 1.63 bits per heavy atom. The Hall–Kier alpha value is -2.28. The van der Waals surface area contributed by atoms with Crippen LogP contribution in [-0.4, -0.2) is 17.0 Å². The van der Waals surface area contributed by atoms with Crippen LogP contribution in [0.15, 0.2) is 23.6 Å². The van der Waals surface area contributed by atoms with Gasteiger partial charge in [-0.1, -0.05) is 142 Å². The zero-order chi connectivity index (χ0) is 31.3. The molecule has 0 spiro atoms. The number of thiophene rings is 1. The molecule has 0 aliphatic carbocycles. The molecule has 1 N–H and O–H groups in total. The van der Waals surface area contributed by atoms with Gasteiger partial charge >= 0.3 is 11.9 Å². The molecule has 1 unspecified atom stereocenters. The minimum absolute atomic E-state index is 0.326. The first-order valence-electron chi connectivity index (χ1n) is 16.9. The highest BCUT2D eigenvalue weighted by atomic mass is 32.1. The third-order valence-corrected chi connectivity index (χ3v) is 9.14. The van der Waals surface area contributed by atoms with E-state index in [1.165, 1.54) is 140 Å². The number of halogens is 2. The molecule has 2 rings (SSSR count). The Morgan fingerprint density at radius 2 is 1.14 bits per heavy atom. The Bertz CT molecular complexity index is 1070. The normalized spacial score (nSPS) is 12.0. The van der Waals surface area contributed by atoms with E-state index >= 15 is 0 Å². The van der Waals surface area contributed by atoms with Gasteiger partial charge in [-0.05, 0) is 41.5 Å². The summed E-state index contributed by atoms with van der Waals surface area (Å²) in [7, 11) is 0. The number of esters is 1. The summed E-state index contributed by atoms with van der Waals surface area (Å²) in [4.78, 5) is 23.6. The second kappa shape index (κ2) is 22.3. The van der Waals surface area contributed by atoms with E-state index in [9.17, 15) is 18.4 Å². The molecule has 1 aromatic carbocycles. The standard InChI is InChI=1S/C36H54F2O4S/c1-3-5-7-9-11-13-14-16-18-20-22-28(21-19-17-15-12-10-8-6-4-2)23-29-24-34(43-27-29)42-36(41)31-26-32(37)30(35(39)40)25-33(31)38/h24-28H,3-23H2,1-2H3,(H,39,40). The van der Waals surface area contributed by atoms with Crippen LogP contribution in [0, 0.1) is 17.6 Å². The molecule has 0 aliphatic rings. The van der Waals surface area contributed by atoms with Crippen molar-refractivity contribution in [1.29, 1.82) is 0 Å². The number of carbonyl (C=O) groups excluding carboxylic acids is 1. The molecule has 0 bridgehead atoms. The number of aromatic carboxylic acids is 1. The average Bonchev–Trinajstić information content (AvgIpc) is 3.42. The number of unbranched alkanes of at least 4 members (excludes halogenated alkanes) is 16. The van der Waals surface area contributed by atoms with E-state index < -0.39 is 34.7 Å². The van der Waals surface area contributed by atoms with Crippen molar-refractivity contribution in [3.05, 3.63) is 51.9 Å². The van der Waals surface area contributed by atoms with Crippen molar-refractivity contribution in [2.75, 3.05) is 0 Å². The third-order valence-electron chi connectivity index (χ3n) is 8.29. The number of rotatable bonds is 25. The maximum absolute atomic E-state index is 14.3. The van der Waals surface area contributed by atoms with Crippen molar-refractivity contribution in [2.24, 2.45) is 5.92 Å². The molecule has 0 saturated carbocycles. The van der Waals surface area contributed by atoms with Gasteiger partial charge in [0.15, 0.2) is 5.06 Å². The van der Waals surface area contributed by atoms with Gasteiger partial charge in [-0.15, -0.1) is 11.3 Å². The van der Waals surface area contributed by atoms with E-state index in [4.69, 9.17) is 9.84 Å². The molecular formula is C36H54F2O4S. The Kier molecular flexibility index (Phi) is 19.1. The maximum atomic E-state index is 14.3. The largest absolute Gasteiger partial charge is 0.478 e. The van der Waals surface area contributed by atoms with E-state index in [0.29, 0.717) is 23.1 Å². The lowest BCUT2D eigenvalue weighted by Crippen LogP contribution is -2.13. The van der Waals surface area contributed by atoms with E-state index in [1.807, 2.05) is 11.4 Å². The fraction of sp³-hybridized carbons (Fsp3) is 0.667. The van der Waals surface area contributed by atoms with Crippen LogP contribution in [0.5, 0.6) is 5.06 Å². The second-order valence-electron chi connectivity index (χ2n) is 12.1. The molecular weight excluding hydrogens is 566 g/mol. The Labute approximate surface area is 262 Å². The monoisotopic (exact) mass is 620 g/mol. The molecule has 0 amide bonds. The molecule has 0 radical (unpaired) electrons.